The Bertz CT molecular complexity index is 869. The van der Waals surface area contributed by atoms with Gasteiger partial charge in [-0.3, -0.25) is 4.57 Å². The highest BCUT2D eigenvalue weighted by atomic mass is 32.2. The van der Waals surface area contributed by atoms with Gasteiger partial charge in [-0.05, 0) is 36.8 Å². The van der Waals surface area contributed by atoms with Gasteiger partial charge in [-0.25, -0.2) is 0 Å². The van der Waals surface area contributed by atoms with E-state index in [1.807, 2.05) is 34.9 Å². The van der Waals surface area contributed by atoms with Crippen LogP contribution in [-0.2, 0) is 0 Å². The molecule has 1 heterocycles. The van der Waals surface area contributed by atoms with E-state index in [1.54, 1.807) is 30.2 Å². The maximum absolute atomic E-state index is 8.89. The molecule has 0 atom stereocenters. The Morgan fingerprint density at radius 2 is 2.08 bits per heavy atom. The lowest BCUT2D eigenvalue weighted by atomic mass is 10.2. The molecule has 0 spiro atoms. The summed E-state index contributed by atoms with van der Waals surface area (Å²) in [5.41, 5.74) is 2.84. The van der Waals surface area contributed by atoms with Crippen LogP contribution in [0.3, 0.4) is 0 Å². The van der Waals surface area contributed by atoms with Gasteiger partial charge in [0, 0.05) is 5.75 Å². The molecular formula is C18H16N4OS. The van der Waals surface area contributed by atoms with Gasteiger partial charge in [-0.15, -0.1) is 10.2 Å². The number of nitriles is 1. The molecule has 0 bridgehead atoms. The minimum absolute atomic E-state index is 0.528. The van der Waals surface area contributed by atoms with Gasteiger partial charge in [0.1, 0.15) is 12.1 Å². The highest BCUT2D eigenvalue weighted by Crippen LogP contribution is 2.22. The summed E-state index contributed by atoms with van der Waals surface area (Å²) in [4.78, 5) is 0. The summed E-state index contributed by atoms with van der Waals surface area (Å²) >= 11 is 1.59. The monoisotopic (exact) mass is 336 g/mol. The van der Waals surface area contributed by atoms with Crippen molar-refractivity contribution in [1.82, 2.24) is 14.8 Å². The molecule has 120 valence electrons. The fourth-order valence-corrected chi connectivity index (χ4v) is 3.01. The zero-order valence-corrected chi connectivity index (χ0v) is 14.0. The summed E-state index contributed by atoms with van der Waals surface area (Å²) in [5, 5.41) is 17.9. The standard InChI is InChI=1S/C18H16N4OS/c1-14-5-2-3-8-17(14)22-13-20-21-18(22)24-10-9-23-16-7-4-6-15(11-16)12-19/h2-8,11,13H,9-10H2,1H3. The van der Waals surface area contributed by atoms with Gasteiger partial charge in [0.25, 0.3) is 0 Å². The first-order valence-electron chi connectivity index (χ1n) is 7.50. The minimum atomic E-state index is 0.528. The molecule has 3 aromatic rings. The van der Waals surface area contributed by atoms with Crippen LogP contribution >= 0.6 is 11.8 Å². The van der Waals surface area contributed by atoms with Crippen LogP contribution in [0.15, 0.2) is 60.0 Å². The van der Waals surface area contributed by atoms with Crippen LogP contribution in [0.5, 0.6) is 5.75 Å². The number of aryl methyl sites for hydroxylation is 1. The number of thioether (sulfide) groups is 1. The van der Waals surface area contributed by atoms with Crippen molar-refractivity contribution in [3.63, 3.8) is 0 Å². The van der Waals surface area contributed by atoms with Crippen LogP contribution in [0.4, 0.5) is 0 Å². The highest BCUT2D eigenvalue weighted by molar-refractivity contribution is 7.99. The lowest BCUT2D eigenvalue weighted by Gasteiger charge is -2.09. The highest BCUT2D eigenvalue weighted by Gasteiger charge is 2.08. The zero-order valence-electron chi connectivity index (χ0n) is 13.2. The summed E-state index contributed by atoms with van der Waals surface area (Å²) in [6.07, 6.45) is 1.72. The first-order chi connectivity index (χ1) is 11.8. The third-order valence-electron chi connectivity index (χ3n) is 3.44. The molecule has 0 aliphatic rings. The summed E-state index contributed by atoms with van der Waals surface area (Å²) in [6, 6.07) is 17.4. The topological polar surface area (TPSA) is 63.7 Å². The Hall–Kier alpha value is -2.78. The first-order valence-corrected chi connectivity index (χ1v) is 8.48. The average Bonchev–Trinajstić information content (AvgIpc) is 3.07. The van der Waals surface area contributed by atoms with E-state index in [4.69, 9.17) is 10.00 Å². The van der Waals surface area contributed by atoms with E-state index in [-0.39, 0.29) is 0 Å². The van der Waals surface area contributed by atoms with Crippen LogP contribution in [0.25, 0.3) is 5.69 Å². The largest absolute Gasteiger partial charge is 0.493 e. The molecule has 0 saturated heterocycles. The molecule has 0 saturated carbocycles. The smallest absolute Gasteiger partial charge is 0.195 e. The van der Waals surface area contributed by atoms with Crippen molar-refractivity contribution in [2.75, 3.05) is 12.4 Å². The molecule has 0 aliphatic carbocycles. The normalized spacial score (nSPS) is 10.3. The Morgan fingerprint density at radius 3 is 2.92 bits per heavy atom. The third-order valence-corrected chi connectivity index (χ3v) is 4.35. The van der Waals surface area contributed by atoms with Gasteiger partial charge in [-0.1, -0.05) is 36.0 Å². The zero-order chi connectivity index (χ0) is 16.8. The Kier molecular flexibility index (Phi) is 5.14. The maximum Gasteiger partial charge on any atom is 0.195 e. The van der Waals surface area contributed by atoms with Crippen LogP contribution in [0.2, 0.25) is 0 Å². The van der Waals surface area contributed by atoms with E-state index >= 15 is 0 Å². The molecule has 0 fully saturated rings. The van der Waals surface area contributed by atoms with E-state index in [2.05, 4.69) is 29.3 Å². The quantitative estimate of drug-likeness (QED) is 0.508. The summed E-state index contributed by atoms with van der Waals surface area (Å²) in [5.74, 6) is 1.44. The fourth-order valence-electron chi connectivity index (χ4n) is 2.27. The van der Waals surface area contributed by atoms with Crippen molar-refractivity contribution < 1.29 is 4.74 Å². The lowest BCUT2D eigenvalue weighted by Crippen LogP contribution is -2.03. The van der Waals surface area contributed by atoms with Crippen molar-refractivity contribution in [1.29, 1.82) is 5.26 Å². The van der Waals surface area contributed by atoms with Gasteiger partial charge in [0.05, 0.1) is 23.9 Å². The first kappa shape index (κ1) is 16.1. The average molecular weight is 336 g/mol. The maximum atomic E-state index is 8.89. The van der Waals surface area contributed by atoms with Crippen molar-refractivity contribution >= 4 is 11.8 Å². The molecule has 0 unspecified atom stereocenters. The number of aromatic nitrogens is 3. The summed E-state index contributed by atoms with van der Waals surface area (Å²) in [6.45, 7) is 2.59. The van der Waals surface area contributed by atoms with E-state index in [0.717, 1.165) is 16.6 Å². The molecule has 0 radical (unpaired) electrons. The molecular weight excluding hydrogens is 320 g/mol. The van der Waals surface area contributed by atoms with Crippen LogP contribution in [0.1, 0.15) is 11.1 Å². The molecule has 2 aromatic carbocycles. The molecule has 0 amide bonds. The second-order valence-electron chi connectivity index (χ2n) is 5.11. The van der Waals surface area contributed by atoms with E-state index in [1.165, 1.54) is 5.56 Å². The van der Waals surface area contributed by atoms with Crippen molar-refractivity contribution in [2.24, 2.45) is 0 Å². The fraction of sp³-hybridized carbons (Fsp3) is 0.167. The molecule has 1 aromatic heterocycles. The van der Waals surface area contributed by atoms with Gasteiger partial charge < -0.3 is 4.74 Å². The summed E-state index contributed by atoms with van der Waals surface area (Å²) < 4.78 is 7.67. The van der Waals surface area contributed by atoms with E-state index in [9.17, 15) is 0 Å². The second kappa shape index (κ2) is 7.66. The summed E-state index contributed by atoms with van der Waals surface area (Å²) in [7, 11) is 0. The second-order valence-corrected chi connectivity index (χ2v) is 6.17. The number of rotatable bonds is 6. The number of nitrogens with zero attached hydrogens (tertiary/aromatic N) is 4. The number of ether oxygens (including phenoxy) is 1. The number of hydrogen-bond donors (Lipinski definition) is 0. The van der Waals surface area contributed by atoms with Gasteiger partial charge in [0.15, 0.2) is 5.16 Å². The third kappa shape index (κ3) is 3.76. The van der Waals surface area contributed by atoms with Crippen molar-refractivity contribution in [3.05, 3.63) is 66.0 Å². The minimum Gasteiger partial charge on any atom is -0.493 e. The number of hydrogen-bond acceptors (Lipinski definition) is 5. The molecule has 3 rings (SSSR count). The van der Waals surface area contributed by atoms with Crippen LogP contribution in [0, 0.1) is 18.3 Å². The van der Waals surface area contributed by atoms with Gasteiger partial charge >= 0.3 is 0 Å². The molecule has 24 heavy (non-hydrogen) atoms. The Morgan fingerprint density at radius 1 is 1.21 bits per heavy atom. The van der Waals surface area contributed by atoms with Crippen molar-refractivity contribution in [2.45, 2.75) is 12.1 Å². The number of para-hydroxylation sites is 1. The molecule has 6 heteroatoms. The van der Waals surface area contributed by atoms with Crippen molar-refractivity contribution in [3.8, 4) is 17.5 Å². The van der Waals surface area contributed by atoms with Crippen LogP contribution < -0.4 is 4.74 Å². The molecule has 5 nitrogen and oxygen atoms in total. The van der Waals surface area contributed by atoms with Crippen LogP contribution in [-0.4, -0.2) is 27.1 Å². The predicted octanol–water partition coefficient (Wildman–Crippen LogP) is 3.62. The van der Waals surface area contributed by atoms with Gasteiger partial charge in [0.2, 0.25) is 0 Å². The van der Waals surface area contributed by atoms with Gasteiger partial charge in [-0.2, -0.15) is 5.26 Å². The number of benzene rings is 2. The Labute approximate surface area is 144 Å². The lowest BCUT2D eigenvalue weighted by molar-refractivity contribution is 0.344. The molecule has 0 aliphatic heterocycles. The molecule has 0 N–H and O–H groups in total. The SMILES string of the molecule is Cc1ccccc1-n1cnnc1SCCOc1cccc(C#N)c1. The van der Waals surface area contributed by atoms with E-state index in [0.29, 0.717) is 17.9 Å². The van der Waals surface area contributed by atoms with E-state index < -0.39 is 0 Å². The predicted molar refractivity (Wildman–Crippen MR) is 93.5 cm³/mol. The Balaban J connectivity index is 1.59.